The van der Waals surface area contributed by atoms with Crippen molar-refractivity contribution in [2.45, 2.75) is 6.54 Å². The second-order valence-corrected chi connectivity index (χ2v) is 4.89. The molecule has 1 aliphatic heterocycles. The van der Waals surface area contributed by atoms with E-state index in [1.807, 2.05) is 6.07 Å². The van der Waals surface area contributed by atoms with E-state index in [2.05, 4.69) is 25.9 Å². The lowest BCUT2D eigenvalue weighted by atomic mass is 10.1. The highest BCUT2D eigenvalue weighted by molar-refractivity contribution is 5.95. The van der Waals surface area contributed by atoms with Crippen molar-refractivity contribution in [2.75, 3.05) is 24.3 Å². The number of aromatic nitrogens is 2. The van der Waals surface area contributed by atoms with Gasteiger partial charge in [-0.3, -0.25) is 9.59 Å². The fraction of sp³-hybridized carbons (Fsp3) is 0.200. The van der Waals surface area contributed by atoms with Crippen LogP contribution in [0.3, 0.4) is 0 Å². The number of benzene rings is 1. The zero-order chi connectivity index (χ0) is 16.2. The van der Waals surface area contributed by atoms with E-state index in [0.29, 0.717) is 23.8 Å². The van der Waals surface area contributed by atoms with Crippen molar-refractivity contribution in [1.29, 1.82) is 0 Å². The van der Waals surface area contributed by atoms with E-state index in [9.17, 15) is 9.59 Å². The molecule has 1 aliphatic rings. The molecule has 3 rings (SSSR count). The van der Waals surface area contributed by atoms with Crippen LogP contribution in [-0.4, -0.2) is 35.4 Å². The number of carbonyl (C=O) groups excluding carboxylic acids is 2. The Morgan fingerprint density at radius 2 is 2.22 bits per heavy atom. The molecule has 2 heterocycles. The Morgan fingerprint density at radius 1 is 1.35 bits per heavy atom. The Morgan fingerprint density at radius 3 is 3.04 bits per heavy atom. The van der Waals surface area contributed by atoms with Gasteiger partial charge in [-0.25, -0.2) is 9.97 Å². The van der Waals surface area contributed by atoms with Crippen LogP contribution in [0.15, 0.2) is 30.6 Å². The highest BCUT2D eigenvalue weighted by Gasteiger charge is 2.16. The van der Waals surface area contributed by atoms with E-state index in [-0.39, 0.29) is 24.1 Å². The predicted octanol–water partition coefficient (Wildman–Crippen LogP) is 0.779. The summed E-state index contributed by atoms with van der Waals surface area (Å²) in [5.74, 6) is 0.689. The Balaban J connectivity index is 1.67. The summed E-state index contributed by atoms with van der Waals surface area (Å²) >= 11 is 0. The molecule has 23 heavy (non-hydrogen) atoms. The van der Waals surface area contributed by atoms with Crippen molar-refractivity contribution in [3.8, 4) is 5.75 Å². The molecule has 3 N–H and O–H groups in total. The molecular formula is C15H15N5O3. The summed E-state index contributed by atoms with van der Waals surface area (Å²) in [7, 11) is 1.72. The van der Waals surface area contributed by atoms with E-state index in [1.54, 1.807) is 25.2 Å². The average molecular weight is 313 g/mol. The highest BCUT2D eigenvalue weighted by atomic mass is 16.5. The molecule has 1 aromatic carbocycles. The maximum Gasteiger partial charge on any atom is 0.270 e. The van der Waals surface area contributed by atoms with Crippen LogP contribution in [0.2, 0.25) is 0 Å². The van der Waals surface area contributed by atoms with Crippen molar-refractivity contribution in [1.82, 2.24) is 15.3 Å². The first-order valence-corrected chi connectivity index (χ1v) is 6.99. The standard InChI is InChI=1S/C15H15N5O3/c1-16-13-5-11(18-8-19-13)15(22)17-6-9-2-3-12-10(4-9)20-14(21)7-23-12/h2-5,8H,6-7H2,1H3,(H,17,22)(H,20,21)(H,16,18,19). The van der Waals surface area contributed by atoms with E-state index in [0.717, 1.165) is 5.56 Å². The third-order valence-electron chi connectivity index (χ3n) is 3.29. The zero-order valence-corrected chi connectivity index (χ0v) is 12.4. The number of fused-ring (bicyclic) bond motifs is 1. The molecule has 8 heteroatoms. The summed E-state index contributed by atoms with van der Waals surface area (Å²) in [4.78, 5) is 31.3. The summed E-state index contributed by atoms with van der Waals surface area (Å²) in [5.41, 5.74) is 1.72. The fourth-order valence-corrected chi connectivity index (χ4v) is 2.13. The second-order valence-electron chi connectivity index (χ2n) is 4.89. The molecule has 2 aromatic rings. The van der Waals surface area contributed by atoms with Gasteiger partial charge in [0.05, 0.1) is 5.69 Å². The fourth-order valence-electron chi connectivity index (χ4n) is 2.13. The van der Waals surface area contributed by atoms with Gasteiger partial charge in [-0.05, 0) is 17.7 Å². The number of anilines is 2. The van der Waals surface area contributed by atoms with Crippen LogP contribution in [0.4, 0.5) is 11.5 Å². The lowest BCUT2D eigenvalue weighted by Gasteiger charge is -2.18. The largest absolute Gasteiger partial charge is 0.482 e. The van der Waals surface area contributed by atoms with Gasteiger partial charge in [0.1, 0.15) is 23.6 Å². The van der Waals surface area contributed by atoms with Gasteiger partial charge in [0.15, 0.2) is 6.61 Å². The van der Waals surface area contributed by atoms with Crippen LogP contribution in [0.5, 0.6) is 5.75 Å². The van der Waals surface area contributed by atoms with Gasteiger partial charge in [0.25, 0.3) is 11.8 Å². The molecule has 0 saturated heterocycles. The summed E-state index contributed by atoms with van der Waals surface area (Å²) in [6, 6.07) is 6.93. The van der Waals surface area contributed by atoms with Gasteiger partial charge < -0.3 is 20.7 Å². The van der Waals surface area contributed by atoms with Crippen molar-refractivity contribution < 1.29 is 14.3 Å². The van der Waals surface area contributed by atoms with Crippen LogP contribution in [0.25, 0.3) is 0 Å². The Labute approximate surface area is 132 Å². The summed E-state index contributed by atoms with van der Waals surface area (Å²) in [6.45, 7) is 0.325. The molecule has 8 nitrogen and oxygen atoms in total. The number of hydrogen-bond acceptors (Lipinski definition) is 6. The number of rotatable bonds is 4. The van der Waals surface area contributed by atoms with Crippen LogP contribution < -0.4 is 20.7 Å². The number of nitrogens with one attached hydrogen (secondary N) is 3. The van der Waals surface area contributed by atoms with Gasteiger partial charge in [-0.15, -0.1) is 0 Å². The van der Waals surface area contributed by atoms with Crippen LogP contribution >= 0.6 is 0 Å². The first kappa shape index (κ1) is 14.8. The van der Waals surface area contributed by atoms with E-state index in [1.165, 1.54) is 6.33 Å². The van der Waals surface area contributed by atoms with Crippen LogP contribution in [0.1, 0.15) is 16.1 Å². The normalized spacial score (nSPS) is 12.7. The Bertz CT molecular complexity index is 763. The molecule has 0 atom stereocenters. The van der Waals surface area contributed by atoms with Crippen LogP contribution in [-0.2, 0) is 11.3 Å². The molecule has 118 valence electrons. The highest BCUT2D eigenvalue weighted by Crippen LogP contribution is 2.28. The summed E-state index contributed by atoms with van der Waals surface area (Å²) in [5, 5.41) is 8.35. The first-order valence-electron chi connectivity index (χ1n) is 6.99. The van der Waals surface area contributed by atoms with Crippen molar-refractivity contribution >= 4 is 23.3 Å². The monoisotopic (exact) mass is 313 g/mol. The first-order chi connectivity index (χ1) is 11.2. The SMILES string of the molecule is CNc1cc(C(=O)NCc2ccc3c(c2)NC(=O)CO3)ncn1. The minimum atomic E-state index is -0.304. The molecule has 0 fully saturated rings. The Hall–Kier alpha value is -3.16. The van der Waals surface area contributed by atoms with Crippen molar-refractivity contribution in [2.24, 2.45) is 0 Å². The topological polar surface area (TPSA) is 105 Å². The van der Waals surface area contributed by atoms with Gasteiger partial charge in [0, 0.05) is 19.7 Å². The zero-order valence-electron chi connectivity index (χ0n) is 12.4. The molecule has 0 saturated carbocycles. The number of hydrogen-bond donors (Lipinski definition) is 3. The van der Waals surface area contributed by atoms with Crippen molar-refractivity contribution in [3.05, 3.63) is 41.9 Å². The molecule has 1 aromatic heterocycles. The lowest BCUT2D eigenvalue weighted by Crippen LogP contribution is -2.26. The number of amides is 2. The molecule has 2 amide bonds. The third-order valence-corrected chi connectivity index (χ3v) is 3.29. The van der Waals surface area contributed by atoms with Gasteiger partial charge in [-0.2, -0.15) is 0 Å². The smallest absolute Gasteiger partial charge is 0.270 e. The maximum atomic E-state index is 12.1. The number of carbonyl (C=O) groups is 2. The van der Waals surface area contributed by atoms with E-state index in [4.69, 9.17) is 4.74 Å². The molecule has 0 radical (unpaired) electrons. The quantitative estimate of drug-likeness (QED) is 0.770. The van der Waals surface area contributed by atoms with Gasteiger partial charge in [0.2, 0.25) is 0 Å². The van der Waals surface area contributed by atoms with E-state index >= 15 is 0 Å². The third kappa shape index (κ3) is 3.37. The minimum absolute atomic E-state index is 0.0184. The molecule has 0 spiro atoms. The molecule has 0 bridgehead atoms. The second kappa shape index (κ2) is 6.30. The molecule has 0 aliphatic carbocycles. The number of ether oxygens (including phenoxy) is 1. The number of nitrogens with zero attached hydrogens (tertiary/aromatic N) is 2. The lowest BCUT2D eigenvalue weighted by molar-refractivity contribution is -0.118. The van der Waals surface area contributed by atoms with Crippen molar-refractivity contribution in [3.63, 3.8) is 0 Å². The predicted molar refractivity (Wildman–Crippen MR) is 83.3 cm³/mol. The van der Waals surface area contributed by atoms with E-state index < -0.39 is 0 Å². The summed E-state index contributed by atoms with van der Waals surface area (Å²) in [6.07, 6.45) is 1.33. The molecule has 0 unspecified atom stereocenters. The maximum absolute atomic E-state index is 12.1. The van der Waals surface area contributed by atoms with Gasteiger partial charge >= 0.3 is 0 Å². The van der Waals surface area contributed by atoms with Crippen LogP contribution in [0, 0.1) is 0 Å². The van der Waals surface area contributed by atoms with Gasteiger partial charge in [-0.1, -0.05) is 6.07 Å². The Kier molecular flexibility index (Phi) is 4.05. The molecular weight excluding hydrogens is 298 g/mol. The minimum Gasteiger partial charge on any atom is -0.482 e. The summed E-state index contributed by atoms with van der Waals surface area (Å²) < 4.78 is 5.29. The average Bonchev–Trinajstić information content (AvgIpc) is 2.59.